The SMILES string of the molecule is Clc1ncnc2cc(-c3ncc[nH]3)ccc12. The Morgan fingerprint density at radius 1 is 1.12 bits per heavy atom. The Hall–Kier alpha value is -1.94. The number of aromatic amines is 1. The van der Waals surface area contributed by atoms with E-state index in [1.54, 1.807) is 12.4 Å². The summed E-state index contributed by atoms with van der Waals surface area (Å²) in [6, 6.07) is 5.77. The molecule has 16 heavy (non-hydrogen) atoms. The zero-order valence-electron chi connectivity index (χ0n) is 8.18. The zero-order valence-corrected chi connectivity index (χ0v) is 8.94. The van der Waals surface area contributed by atoms with Gasteiger partial charge in [-0.25, -0.2) is 15.0 Å². The number of H-pyrrole nitrogens is 1. The van der Waals surface area contributed by atoms with E-state index in [0.29, 0.717) is 5.15 Å². The third kappa shape index (κ3) is 1.44. The Kier molecular flexibility index (Phi) is 2.08. The molecular formula is C11H7ClN4. The molecule has 0 bridgehead atoms. The van der Waals surface area contributed by atoms with Gasteiger partial charge in [0.05, 0.1) is 5.52 Å². The molecule has 0 saturated heterocycles. The second-order valence-electron chi connectivity index (χ2n) is 3.33. The van der Waals surface area contributed by atoms with Crippen molar-refractivity contribution in [1.29, 1.82) is 0 Å². The standard InChI is InChI=1S/C11H7ClN4/c12-10-8-2-1-7(11-13-3-4-14-11)5-9(8)15-6-16-10/h1-6H,(H,13,14). The molecule has 0 atom stereocenters. The van der Waals surface area contributed by atoms with Crippen LogP contribution in [0.4, 0.5) is 0 Å². The van der Waals surface area contributed by atoms with Crippen molar-refractivity contribution < 1.29 is 0 Å². The van der Waals surface area contributed by atoms with Gasteiger partial charge in [-0.3, -0.25) is 0 Å². The van der Waals surface area contributed by atoms with Crippen LogP contribution in [0.2, 0.25) is 5.15 Å². The van der Waals surface area contributed by atoms with Crippen molar-refractivity contribution in [2.45, 2.75) is 0 Å². The molecule has 2 heterocycles. The Bertz CT molecular complexity index is 634. The fourth-order valence-electron chi connectivity index (χ4n) is 1.59. The first-order valence-electron chi connectivity index (χ1n) is 4.74. The third-order valence-electron chi connectivity index (χ3n) is 2.36. The van der Waals surface area contributed by atoms with Crippen molar-refractivity contribution in [2.75, 3.05) is 0 Å². The predicted octanol–water partition coefficient (Wildman–Crippen LogP) is 2.67. The minimum Gasteiger partial charge on any atom is -0.345 e. The van der Waals surface area contributed by atoms with Gasteiger partial charge in [0, 0.05) is 23.3 Å². The maximum absolute atomic E-state index is 5.96. The lowest BCUT2D eigenvalue weighted by Crippen LogP contribution is -1.86. The summed E-state index contributed by atoms with van der Waals surface area (Å²) in [6.45, 7) is 0. The molecule has 4 nitrogen and oxygen atoms in total. The summed E-state index contributed by atoms with van der Waals surface area (Å²) < 4.78 is 0. The van der Waals surface area contributed by atoms with Crippen LogP contribution in [0.1, 0.15) is 0 Å². The predicted molar refractivity (Wildman–Crippen MR) is 62.1 cm³/mol. The lowest BCUT2D eigenvalue weighted by atomic mass is 10.1. The molecule has 1 aromatic carbocycles. The molecule has 0 aliphatic rings. The van der Waals surface area contributed by atoms with E-state index in [-0.39, 0.29) is 0 Å². The third-order valence-corrected chi connectivity index (χ3v) is 2.66. The number of benzene rings is 1. The average Bonchev–Trinajstić information content (AvgIpc) is 2.82. The molecule has 0 amide bonds. The zero-order chi connectivity index (χ0) is 11.0. The molecule has 1 N–H and O–H groups in total. The van der Waals surface area contributed by atoms with Crippen LogP contribution in [-0.2, 0) is 0 Å². The molecular weight excluding hydrogens is 224 g/mol. The highest BCUT2D eigenvalue weighted by molar-refractivity contribution is 6.34. The van der Waals surface area contributed by atoms with Crippen LogP contribution in [0.5, 0.6) is 0 Å². The number of aromatic nitrogens is 4. The molecule has 0 radical (unpaired) electrons. The molecule has 3 aromatic rings. The highest BCUT2D eigenvalue weighted by Crippen LogP contribution is 2.23. The van der Waals surface area contributed by atoms with Gasteiger partial charge >= 0.3 is 0 Å². The molecule has 0 fully saturated rings. The van der Waals surface area contributed by atoms with Gasteiger partial charge in [0.2, 0.25) is 0 Å². The van der Waals surface area contributed by atoms with Crippen LogP contribution < -0.4 is 0 Å². The minimum atomic E-state index is 0.469. The van der Waals surface area contributed by atoms with Gasteiger partial charge in [0.25, 0.3) is 0 Å². The second-order valence-corrected chi connectivity index (χ2v) is 3.69. The number of hydrogen-bond donors (Lipinski definition) is 1. The molecule has 0 spiro atoms. The van der Waals surface area contributed by atoms with E-state index in [2.05, 4.69) is 19.9 Å². The Morgan fingerprint density at radius 2 is 2.06 bits per heavy atom. The number of hydrogen-bond acceptors (Lipinski definition) is 3. The quantitative estimate of drug-likeness (QED) is 0.654. The van der Waals surface area contributed by atoms with E-state index in [1.807, 2.05) is 18.2 Å². The van der Waals surface area contributed by atoms with E-state index >= 15 is 0 Å². The lowest BCUT2D eigenvalue weighted by Gasteiger charge is -2.01. The number of nitrogens with zero attached hydrogens (tertiary/aromatic N) is 3. The van der Waals surface area contributed by atoms with Gasteiger partial charge in [-0.15, -0.1) is 0 Å². The number of fused-ring (bicyclic) bond motifs is 1. The highest BCUT2D eigenvalue weighted by Gasteiger charge is 2.04. The molecule has 78 valence electrons. The molecule has 5 heteroatoms. The number of nitrogens with one attached hydrogen (secondary N) is 1. The molecule has 0 unspecified atom stereocenters. The van der Waals surface area contributed by atoms with Crippen molar-refractivity contribution in [2.24, 2.45) is 0 Å². The van der Waals surface area contributed by atoms with Crippen LogP contribution in [-0.4, -0.2) is 19.9 Å². The highest BCUT2D eigenvalue weighted by atomic mass is 35.5. The summed E-state index contributed by atoms with van der Waals surface area (Å²) in [6.07, 6.45) is 4.95. The van der Waals surface area contributed by atoms with Crippen LogP contribution in [0.15, 0.2) is 36.9 Å². The average molecular weight is 231 g/mol. The molecule has 2 aromatic heterocycles. The Morgan fingerprint density at radius 3 is 2.88 bits per heavy atom. The topological polar surface area (TPSA) is 54.5 Å². The first-order valence-corrected chi connectivity index (χ1v) is 5.12. The fourth-order valence-corrected chi connectivity index (χ4v) is 1.80. The number of rotatable bonds is 1. The van der Waals surface area contributed by atoms with E-state index in [9.17, 15) is 0 Å². The van der Waals surface area contributed by atoms with E-state index in [4.69, 9.17) is 11.6 Å². The van der Waals surface area contributed by atoms with E-state index < -0.39 is 0 Å². The maximum atomic E-state index is 5.96. The van der Waals surface area contributed by atoms with Crippen LogP contribution >= 0.6 is 11.6 Å². The van der Waals surface area contributed by atoms with Gasteiger partial charge in [0.1, 0.15) is 17.3 Å². The van der Waals surface area contributed by atoms with Gasteiger partial charge in [-0.05, 0) is 12.1 Å². The van der Waals surface area contributed by atoms with E-state index in [1.165, 1.54) is 6.33 Å². The number of imidazole rings is 1. The molecule has 0 aliphatic carbocycles. The summed E-state index contributed by atoms with van der Waals surface area (Å²) in [4.78, 5) is 15.3. The summed E-state index contributed by atoms with van der Waals surface area (Å²) in [5.41, 5.74) is 1.79. The van der Waals surface area contributed by atoms with Gasteiger partial charge < -0.3 is 4.98 Å². The van der Waals surface area contributed by atoms with E-state index in [0.717, 1.165) is 22.3 Å². The van der Waals surface area contributed by atoms with Crippen molar-refractivity contribution in [3.05, 3.63) is 42.1 Å². The van der Waals surface area contributed by atoms with Crippen molar-refractivity contribution in [1.82, 2.24) is 19.9 Å². The van der Waals surface area contributed by atoms with Gasteiger partial charge in [-0.1, -0.05) is 17.7 Å². The van der Waals surface area contributed by atoms with Crippen molar-refractivity contribution in [3.63, 3.8) is 0 Å². The minimum absolute atomic E-state index is 0.469. The van der Waals surface area contributed by atoms with Crippen molar-refractivity contribution >= 4 is 22.5 Å². The maximum Gasteiger partial charge on any atom is 0.140 e. The summed E-state index contributed by atoms with van der Waals surface area (Å²) in [5, 5.41) is 1.32. The monoisotopic (exact) mass is 230 g/mol. The fraction of sp³-hybridized carbons (Fsp3) is 0. The summed E-state index contributed by atoms with van der Waals surface area (Å²) >= 11 is 5.96. The number of halogens is 1. The first-order chi connectivity index (χ1) is 7.84. The second kappa shape index (κ2) is 3.57. The molecule has 0 aliphatic heterocycles. The lowest BCUT2D eigenvalue weighted by molar-refractivity contribution is 1.22. The van der Waals surface area contributed by atoms with Crippen LogP contribution in [0, 0.1) is 0 Å². The van der Waals surface area contributed by atoms with Gasteiger partial charge in [-0.2, -0.15) is 0 Å². The Labute approximate surface area is 96.3 Å². The molecule has 3 rings (SSSR count). The molecule has 0 saturated carbocycles. The van der Waals surface area contributed by atoms with Gasteiger partial charge in [0.15, 0.2) is 0 Å². The van der Waals surface area contributed by atoms with Crippen molar-refractivity contribution in [3.8, 4) is 11.4 Å². The Balaban J connectivity index is 2.24. The largest absolute Gasteiger partial charge is 0.345 e. The normalized spacial score (nSPS) is 10.8. The smallest absolute Gasteiger partial charge is 0.140 e. The summed E-state index contributed by atoms with van der Waals surface area (Å²) in [7, 11) is 0. The van der Waals surface area contributed by atoms with Crippen LogP contribution in [0.25, 0.3) is 22.3 Å². The first kappa shape index (κ1) is 9.30. The summed E-state index contributed by atoms with van der Waals surface area (Å²) in [5.74, 6) is 0.816. The van der Waals surface area contributed by atoms with Crippen LogP contribution in [0.3, 0.4) is 0 Å².